The van der Waals surface area contributed by atoms with E-state index in [4.69, 9.17) is 0 Å². The van der Waals surface area contributed by atoms with E-state index in [1.165, 1.54) is 24.3 Å². The number of nitrogens with one attached hydrogen (secondary N) is 1. The van der Waals surface area contributed by atoms with E-state index in [0.29, 0.717) is 6.54 Å². The van der Waals surface area contributed by atoms with Gasteiger partial charge in [-0.2, -0.15) is 0 Å². The molecule has 1 aromatic carbocycles. The average molecular weight is 243 g/mol. The van der Waals surface area contributed by atoms with Gasteiger partial charge in [-0.05, 0) is 24.6 Å². The number of sulfonamides is 1. The van der Waals surface area contributed by atoms with E-state index < -0.39 is 10.0 Å². The summed E-state index contributed by atoms with van der Waals surface area (Å²) < 4.78 is 25.9. The van der Waals surface area contributed by atoms with Crippen molar-refractivity contribution in [2.24, 2.45) is 0 Å². The van der Waals surface area contributed by atoms with Gasteiger partial charge in [0.15, 0.2) is 0 Å². The van der Waals surface area contributed by atoms with E-state index in [1.807, 2.05) is 0 Å². The van der Waals surface area contributed by atoms with Crippen molar-refractivity contribution in [2.75, 3.05) is 6.54 Å². The van der Waals surface area contributed by atoms with Gasteiger partial charge in [-0.25, -0.2) is 13.1 Å². The SMILES string of the molecule is CCCCCNS(=O)(=O)c1cccc(O)c1. The lowest BCUT2D eigenvalue weighted by Crippen LogP contribution is -2.24. The lowest BCUT2D eigenvalue weighted by Gasteiger charge is -2.06. The topological polar surface area (TPSA) is 66.4 Å². The van der Waals surface area contributed by atoms with Crippen molar-refractivity contribution in [1.29, 1.82) is 0 Å². The lowest BCUT2D eigenvalue weighted by molar-refractivity contribution is 0.473. The monoisotopic (exact) mass is 243 g/mol. The predicted molar refractivity (Wildman–Crippen MR) is 62.8 cm³/mol. The molecule has 0 unspecified atom stereocenters. The number of phenols is 1. The molecule has 0 radical (unpaired) electrons. The third-order valence-electron chi connectivity index (χ3n) is 2.20. The average Bonchev–Trinajstić information content (AvgIpc) is 2.24. The summed E-state index contributed by atoms with van der Waals surface area (Å²) in [7, 11) is -3.47. The van der Waals surface area contributed by atoms with Gasteiger partial charge in [0.2, 0.25) is 10.0 Å². The molecule has 1 aromatic rings. The minimum absolute atomic E-state index is 0.0450. The summed E-state index contributed by atoms with van der Waals surface area (Å²) in [4.78, 5) is 0.101. The lowest BCUT2D eigenvalue weighted by atomic mass is 10.3. The van der Waals surface area contributed by atoms with Crippen molar-refractivity contribution >= 4 is 10.0 Å². The summed E-state index contributed by atoms with van der Waals surface area (Å²) in [6.45, 7) is 2.50. The molecular formula is C11H17NO3S. The molecule has 16 heavy (non-hydrogen) atoms. The van der Waals surface area contributed by atoms with Crippen LogP contribution in [0, 0.1) is 0 Å². The van der Waals surface area contributed by atoms with E-state index in [2.05, 4.69) is 11.6 Å². The highest BCUT2D eigenvalue weighted by atomic mass is 32.2. The smallest absolute Gasteiger partial charge is 0.240 e. The number of phenolic OH excluding ortho intramolecular Hbond substituents is 1. The number of rotatable bonds is 6. The molecule has 0 aliphatic heterocycles. The van der Waals surface area contributed by atoms with Crippen LogP contribution in [0.1, 0.15) is 26.2 Å². The maximum atomic E-state index is 11.7. The summed E-state index contributed by atoms with van der Waals surface area (Å²) in [6, 6.07) is 5.65. The summed E-state index contributed by atoms with van der Waals surface area (Å²) in [5, 5.41) is 9.19. The van der Waals surface area contributed by atoms with E-state index >= 15 is 0 Å². The Labute approximate surface area is 96.4 Å². The van der Waals surface area contributed by atoms with Gasteiger partial charge in [-0.3, -0.25) is 0 Å². The Morgan fingerprint density at radius 3 is 2.69 bits per heavy atom. The third kappa shape index (κ3) is 3.83. The van der Waals surface area contributed by atoms with Crippen molar-refractivity contribution < 1.29 is 13.5 Å². The molecule has 0 amide bonds. The van der Waals surface area contributed by atoms with Gasteiger partial charge < -0.3 is 5.11 Å². The van der Waals surface area contributed by atoms with E-state index in [-0.39, 0.29) is 10.6 Å². The second kappa shape index (κ2) is 5.86. The molecule has 2 N–H and O–H groups in total. The third-order valence-corrected chi connectivity index (χ3v) is 3.66. The van der Waals surface area contributed by atoms with Crippen LogP contribution in [0.25, 0.3) is 0 Å². The maximum Gasteiger partial charge on any atom is 0.240 e. The standard InChI is InChI=1S/C11H17NO3S/c1-2-3-4-8-12-16(14,15)11-7-5-6-10(13)9-11/h5-7,9,12-13H,2-4,8H2,1H3. The second-order valence-corrected chi connectivity index (χ2v) is 5.37. The second-order valence-electron chi connectivity index (χ2n) is 3.60. The van der Waals surface area contributed by atoms with Crippen molar-refractivity contribution in [2.45, 2.75) is 31.1 Å². The van der Waals surface area contributed by atoms with Gasteiger partial charge >= 0.3 is 0 Å². The van der Waals surface area contributed by atoms with Crippen molar-refractivity contribution in [3.63, 3.8) is 0 Å². The maximum absolute atomic E-state index is 11.7. The molecule has 0 aliphatic carbocycles. The van der Waals surface area contributed by atoms with Crippen LogP contribution in [0.5, 0.6) is 5.75 Å². The van der Waals surface area contributed by atoms with Gasteiger partial charge in [-0.1, -0.05) is 25.8 Å². The van der Waals surface area contributed by atoms with E-state index in [9.17, 15) is 13.5 Å². The summed E-state index contributed by atoms with van der Waals surface area (Å²) >= 11 is 0. The normalized spacial score (nSPS) is 11.6. The van der Waals surface area contributed by atoms with Gasteiger partial charge in [0, 0.05) is 6.54 Å². The molecule has 0 bridgehead atoms. The summed E-state index contributed by atoms with van der Waals surface area (Å²) in [5.41, 5.74) is 0. The molecule has 4 nitrogen and oxygen atoms in total. The van der Waals surface area contributed by atoms with Gasteiger partial charge in [0.05, 0.1) is 4.90 Å². The molecule has 0 saturated heterocycles. The molecule has 0 aliphatic rings. The quantitative estimate of drug-likeness (QED) is 0.749. The molecule has 0 aromatic heterocycles. The van der Waals surface area contributed by atoms with Crippen LogP contribution in [-0.2, 0) is 10.0 Å². The van der Waals surface area contributed by atoms with Crippen LogP contribution in [0.15, 0.2) is 29.2 Å². The number of hydrogen-bond donors (Lipinski definition) is 2. The highest BCUT2D eigenvalue weighted by molar-refractivity contribution is 7.89. The first-order valence-electron chi connectivity index (χ1n) is 5.35. The van der Waals surface area contributed by atoms with Crippen LogP contribution in [-0.4, -0.2) is 20.1 Å². The van der Waals surface area contributed by atoms with Crippen molar-refractivity contribution in [3.05, 3.63) is 24.3 Å². The van der Waals surface area contributed by atoms with Crippen molar-refractivity contribution in [3.8, 4) is 5.75 Å². The number of unbranched alkanes of at least 4 members (excludes halogenated alkanes) is 2. The van der Waals surface area contributed by atoms with Gasteiger partial charge in [0.25, 0.3) is 0 Å². The zero-order chi connectivity index (χ0) is 12.0. The molecule has 0 fully saturated rings. The predicted octanol–water partition coefficient (Wildman–Crippen LogP) is 1.86. The Morgan fingerprint density at radius 1 is 1.31 bits per heavy atom. The molecule has 0 spiro atoms. The first kappa shape index (κ1) is 13.0. The molecule has 0 saturated carbocycles. The first-order chi connectivity index (χ1) is 7.56. The zero-order valence-corrected chi connectivity index (χ0v) is 10.1. The highest BCUT2D eigenvalue weighted by Crippen LogP contribution is 2.15. The first-order valence-corrected chi connectivity index (χ1v) is 6.83. The van der Waals surface area contributed by atoms with Crippen LogP contribution >= 0.6 is 0 Å². The largest absolute Gasteiger partial charge is 0.508 e. The van der Waals surface area contributed by atoms with Crippen molar-refractivity contribution in [1.82, 2.24) is 4.72 Å². The van der Waals surface area contributed by atoms with E-state index in [1.54, 1.807) is 0 Å². The Hall–Kier alpha value is -1.07. The summed E-state index contributed by atoms with van der Waals surface area (Å²) in [5.74, 6) is -0.0450. The molecule has 1 rings (SSSR count). The fraction of sp³-hybridized carbons (Fsp3) is 0.455. The Kier molecular flexibility index (Phi) is 4.76. The van der Waals surface area contributed by atoms with Crippen LogP contribution in [0.2, 0.25) is 0 Å². The highest BCUT2D eigenvalue weighted by Gasteiger charge is 2.13. The van der Waals surface area contributed by atoms with Crippen LogP contribution in [0.3, 0.4) is 0 Å². The Morgan fingerprint density at radius 2 is 2.06 bits per heavy atom. The fourth-order valence-corrected chi connectivity index (χ4v) is 2.43. The van der Waals surface area contributed by atoms with E-state index in [0.717, 1.165) is 19.3 Å². The Balaban J connectivity index is 2.64. The zero-order valence-electron chi connectivity index (χ0n) is 9.31. The van der Waals surface area contributed by atoms with Crippen LogP contribution < -0.4 is 4.72 Å². The van der Waals surface area contributed by atoms with Gasteiger partial charge in [-0.15, -0.1) is 0 Å². The van der Waals surface area contributed by atoms with Crippen LogP contribution in [0.4, 0.5) is 0 Å². The molecule has 0 heterocycles. The molecule has 0 atom stereocenters. The Bertz CT molecular complexity index is 429. The molecular weight excluding hydrogens is 226 g/mol. The summed E-state index contributed by atoms with van der Waals surface area (Å²) in [6.07, 6.45) is 2.88. The number of aromatic hydroxyl groups is 1. The van der Waals surface area contributed by atoms with Gasteiger partial charge in [0.1, 0.15) is 5.75 Å². The molecule has 90 valence electrons. The minimum atomic E-state index is -3.47. The molecule has 5 heteroatoms. The minimum Gasteiger partial charge on any atom is -0.508 e. The number of benzene rings is 1. The number of hydrogen-bond acceptors (Lipinski definition) is 3. The fourth-order valence-electron chi connectivity index (χ4n) is 1.32.